The molecule has 33 heavy (non-hydrogen) atoms. The van der Waals surface area contributed by atoms with Gasteiger partial charge in [0, 0.05) is 17.8 Å². The number of rotatable bonds is 5. The average molecular weight is 475 g/mol. The zero-order valence-electron chi connectivity index (χ0n) is 21.0. The quantitative estimate of drug-likeness (QED) is 0.550. The van der Waals surface area contributed by atoms with Crippen LogP contribution in [0.4, 0.5) is 0 Å². The molecule has 15 atom stereocenters. The van der Waals surface area contributed by atoms with Crippen LogP contribution in [0.1, 0.15) is 55.4 Å². The van der Waals surface area contributed by atoms with Crippen LogP contribution in [-0.2, 0) is 28.5 Å². The second kappa shape index (κ2) is 10.4. The molecule has 0 aliphatic carbocycles. The van der Waals surface area contributed by atoms with E-state index in [9.17, 15) is 20.1 Å². The van der Waals surface area contributed by atoms with E-state index in [0.29, 0.717) is 11.8 Å². The monoisotopic (exact) mass is 474 g/mol. The predicted octanol–water partition coefficient (Wildman–Crippen LogP) is 2.23. The highest BCUT2D eigenvalue weighted by molar-refractivity contribution is 5.73. The van der Waals surface area contributed by atoms with Crippen LogP contribution < -0.4 is 0 Å². The standard InChI is InChI=1S/C24H42O9/c1-9-10(2)15(7)30-23(13(9)5)32-19-17(25)14(6)24(33-20(19)21(26)27)31-18-11(3)12(4)22(28)29-16(18)8/h9-20,22-25,28H,1-8H3,(H,26,27)/t9-,10?,11+,12?,13?,14?,15?,16?,17+,18+,19+,20?,22?,23?,24?/m0/s1. The van der Waals surface area contributed by atoms with Gasteiger partial charge in [0.2, 0.25) is 0 Å². The molecule has 9 heteroatoms. The van der Waals surface area contributed by atoms with Crippen molar-refractivity contribution in [2.75, 3.05) is 0 Å². The van der Waals surface area contributed by atoms with Crippen molar-refractivity contribution in [1.82, 2.24) is 0 Å². The molecule has 0 spiro atoms. The van der Waals surface area contributed by atoms with Crippen LogP contribution in [0.3, 0.4) is 0 Å². The van der Waals surface area contributed by atoms with Crippen molar-refractivity contribution in [2.45, 2.75) is 111 Å². The normalized spacial score (nSPS) is 53.6. The SMILES string of the molecule is CC1OC(O[C@H]2C(C(=O)O)OC(O[C@H]3C(C)OC(O)C(C)[C@H]3C)C(C)[C@H]2O)C(C)[C@@H](C)C1C. The highest BCUT2D eigenvalue weighted by Gasteiger charge is 2.52. The topological polar surface area (TPSA) is 124 Å². The fraction of sp³-hybridized carbons (Fsp3) is 0.958. The van der Waals surface area contributed by atoms with E-state index in [1.165, 1.54) is 0 Å². The van der Waals surface area contributed by atoms with Gasteiger partial charge in [0.25, 0.3) is 0 Å². The van der Waals surface area contributed by atoms with E-state index in [1.54, 1.807) is 13.8 Å². The van der Waals surface area contributed by atoms with Crippen molar-refractivity contribution in [1.29, 1.82) is 0 Å². The molecule has 0 saturated carbocycles. The van der Waals surface area contributed by atoms with Gasteiger partial charge in [-0.25, -0.2) is 4.79 Å². The summed E-state index contributed by atoms with van der Waals surface area (Å²) in [5.41, 5.74) is 0. The lowest BCUT2D eigenvalue weighted by Gasteiger charge is -2.48. The summed E-state index contributed by atoms with van der Waals surface area (Å²) in [4.78, 5) is 12.1. The number of aliphatic hydroxyl groups is 2. The molecule has 3 heterocycles. The molecule has 0 bridgehead atoms. The summed E-state index contributed by atoms with van der Waals surface area (Å²) in [7, 11) is 0. The molecule has 10 unspecified atom stereocenters. The molecule has 3 fully saturated rings. The molecule has 0 aromatic rings. The number of hydrogen-bond donors (Lipinski definition) is 3. The Bertz CT molecular complexity index is 674. The van der Waals surface area contributed by atoms with E-state index in [0.717, 1.165) is 0 Å². The van der Waals surface area contributed by atoms with Crippen LogP contribution in [0.2, 0.25) is 0 Å². The minimum atomic E-state index is -1.42. The highest BCUT2D eigenvalue weighted by Crippen LogP contribution is 2.39. The Hall–Kier alpha value is -0.810. The first kappa shape index (κ1) is 26.8. The highest BCUT2D eigenvalue weighted by atomic mass is 16.7. The number of ether oxygens (including phenoxy) is 5. The third-order valence-electron chi connectivity index (χ3n) is 8.50. The molecule has 3 rings (SSSR count). The first-order chi connectivity index (χ1) is 15.3. The van der Waals surface area contributed by atoms with E-state index in [2.05, 4.69) is 13.8 Å². The van der Waals surface area contributed by atoms with Crippen molar-refractivity contribution in [3.8, 4) is 0 Å². The van der Waals surface area contributed by atoms with Gasteiger partial charge in [-0.2, -0.15) is 0 Å². The Labute approximate surface area is 196 Å². The maximum Gasteiger partial charge on any atom is 0.335 e. The average Bonchev–Trinajstić information content (AvgIpc) is 2.76. The number of carbonyl (C=O) groups is 1. The molecule has 0 aromatic heterocycles. The second-order valence-electron chi connectivity index (χ2n) is 10.6. The van der Waals surface area contributed by atoms with Crippen molar-refractivity contribution < 1.29 is 43.8 Å². The van der Waals surface area contributed by atoms with Crippen molar-refractivity contribution in [3.05, 3.63) is 0 Å². The van der Waals surface area contributed by atoms with E-state index in [-0.39, 0.29) is 23.9 Å². The van der Waals surface area contributed by atoms with Crippen LogP contribution in [0.5, 0.6) is 0 Å². The Balaban J connectivity index is 1.75. The molecule has 3 aliphatic rings. The fourth-order valence-corrected chi connectivity index (χ4v) is 5.21. The molecular weight excluding hydrogens is 432 g/mol. The van der Waals surface area contributed by atoms with Gasteiger partial charge >= 0.3 is 5.97 Å². The molecule has 3 aliphatic heterocycles. The minimum absolute atomic E-state index is 0.0242. The Morgan fingerprint density at radius 1 is 0.636 bits per heavy atom. The molecule has 0 amide bonds. The van der Waals surface area contributed by atoms with Crippen LogP contribution in [0.15, 0.2) is 0 Å². The smallest absolute Gasteiger partial charge is 0.335 e. The molecule has 0 aromatic carbocycles. The van der Waals surface area contributed by atoms with Gasteiger partial charge in [0.1, 0.15) is 6.10 Å². The maximum atomic E-state index is 12.1. The van der Waals surface area contributed by atoms with Gasteiger partial charge in [-0.3, -0.25) is 0 Å². The predicted molar refractivity (Wildman–Crippen MR) is 118 cm³/mol. The molecule has 9 nitrogen and oxygen atoms in total. The fourth-order valence-electron chi connectivity index (χ4n) is 5.21. The van der Waals surface area contributed by atoms with Crippen LogP contribution in [-0.4, -0.2) is 76.8 Å². The summed E-state index contributed by atoms with van der Waals surface area (Å²) in [6.45, 7) is 15.6. The lowest BCUT2D eigenvalue weighted by molar-refractivity contribution is -0.347. The summed E-state index contributed by atoms with van der Waals surface area (Å²) in [6.07, 6.45) is -7.05. The summed E-state index contributed by atoms with van der Waals surface area (Å²) >= 11 is 0. The zero-order valence-corrected chi connectivity index (χ0v) is 21.0. The van der Waals surface area contributed by atoms with E-state index in [4.69, 9.17) is 23.7 Å². The number of carboxylic acids is 1. The largest absolute Gasteiger partial charge is 0.479 e. The number of aliphatic carboxylic acids is 1. The first-order valence-corrected chi connectivity index (χ1v) is 12.2. The summed E-state index contributed by atoms with van der Waals surface area (Å²) in [5, 5.41) is 31.1. The Morgan fingerprint density at radius 3 is 1.82 bits per heavy atom. The van der Waals surface area contributed by atoms with Gasteiger partial charge in [-0.05, 0) is 31.6 Å². The Kier molecular flexibility index (Phi) is 8.47. The zero-order chi connectivity index (χ0) is 24.8. The van der Waals surface area contributed by atoms with E-state index < -0.39 is 61.3 Å². The van der Waals surface area contributed by atoms with Crippen LogP contribution in [0, 0.1) is 35.5 Å². The van der Waals surface area contributed by atoms with Crippen molar-refractivity contribution >= 4 is 5.97 Å². The lowest BCUT2D eigenvalue weighted by atomic mass is 9.79. The van der Waals surface area contributed by atoms with Gasteiger partial charge in [-0.1, -0.05) is 41.5 Å². The molecule has 3 saturated heterocycles. The summed E-state index contributed by atoms with van der Waals surface area (Å²) in [6, 6.07) is 0. The second-order valence-corrected chi connectivity index (χ2v) is 10.6. The Morgan fingerprint density at radius 2 is 1.21 bits per heavy atom. The minimum Gasteiger partial charge on any atom is -0.479 e. The first-order valence-electron chi connectivity index (χ1n) is 12.2. The molecule has 3 N–H and O–H groups in total. The van der Waals surface area contributed by atoms with Gasteiger partial charge in [0.15, 0.2) is 25.0 Å². The van der Waals surface area contributed by atoms with Crippen molar-refractivity contribution in [2.24, 2.45) is 35.5 Å². The molecule has 192 valence electrons. The molecule has 0 radical (unpaired) electrons. The van der Waals surface area contributed by atoms with Gasteiger partial charge in [0.05, 0.1) is 24.4 Å². The number of aliphatic hydroxyl groups excluding tert-OH is 2. The van der Waals surface area contributed by atoms with Gasteiger partial charge < -0.3 is 39.0 Å². The van der Waals surface area contributed by atoms with E-state index >= 15 is 0 Å². The van der Waals surface area contributed by atoms with E-state index in [1.807, 2.05) is 27.7 Å². The summed E-state index contributed by atoms with van der Waals surface area (Å²) < 4.78 is 29.8. The maximum absolute atomic E-state index is 12.1. The lowest BCUT2D eigenvalue weighted by Crippen LogP contribution is -2.61. The number of hydrogen-bond acceptors (Lipinski definition) is 8. The summed E-state index contributed by atoms with van der Waals surface area (Å²) in [5.74, 6) is -1.35. The number of carboxylic acid groups (broad SMARTS) is 1. The van der Waals surface area contributed by atoms with Crippen LogP contribution >= 0.6 is 0 Å². The molecular formula is C24H42O9. The third-order valence-corrected chi connectivity index (χ3v) is 8.50. The van der Waals surface area contributed by atoms with Crippen LogP contribution in [0.25, 0.3) is 0 Å². The van der Waals surface area contributed by atoms with Gasteiger partial charge in [-0.15, -0.1) is 0 Å². The third kappa shape index (κ3) is 5.24. The van der Waals surface area contributed by atoms with Crippen molar-refractivity contribution in [3.63, 3.8) is 0 Å².